The smallest absolute Gasteiger partial charge is 0.291 e. The molecule has 0 unspecified atom stereocenters. The normalized spacial score (nSPS) is 23.5. The van der Waals surface area contributed by atoms with Gasteiger partial charge in [-0.3, -0.25) is 9.59 Å². The van der Waals surface area contributed by atoms with E-state index in [4.69, 9.17) is 4.74 Å². The van der Waals surface area contributed by atoms with Crippen molar-refractivity contribution in [2.24, 2.45) is 0 Å². The molecule has 2 fully saturated rings. The van der Waals surface area contributed by atoms with Crippen molar-refractivity contribution in [1.82, 2.24) is 25.0 Å². The molecule has 0 atom stereocenters. The summed E-state index contributed by atoms with van der Waals surface area (Å²) in [7, 11) is 0. The van der Waals surface area contributed by atoms with E-state index in [1.807, 2.05) is 9.47 Å². The Balaban J connectivity index is 1.43. The molecule has 4 rings (SSSR count). The number of amides is 2. The van der Waals surface area contributed by atoms with E-state index in [2.05, 4.69) is 15.5 Å². The van der Waals surface area contributed by atoms with E-state index in [0.29, 0.717) is 25.5 Å². The van der Waals surface area contributed by atoms with Crippen LogP contribution in [0.15, 0.2) is 0 Å². The highest BCUT2D eigenvalue weighted by Gasteiger charge is 2.40. The van der Waals surface area contributed by atoms with Crippen molar-refractivity contribution in [3.63, 3.8) is 0 Å². The number of hydrogen-bond donors (Lipinski definition) is 1. The fourth-order valence-electron chi connectivity index (χ4n) is 3.80. The van der Waals surface area contributed by atoms with Crippen LogP contribution >= 0.6 is 0 Å². The molecule has 8 nitrogen and oxygen atoms in total. The van der Waals surface area contributed by atoms with Gasteiger partial charge in [-0.1, -0.05) is 6.42 Å². The summed E-state index contributed by atoms with van der Waals surface area (Å²) in [5, 5.41) is 11.2. The van der Waals surface area contributed by atoms with E-state index in [-0.39, 0.29) is 24.0 Å². The van der Waals surface area contributed by atoms with Gasteiger partial charge in [0, 0.05) is 32.6 Å². The Kier molecular flexibility index (Phi) is 3.99. The molecule has 0 aromatic carbocycles. The lowest BCUT2D eigenvalue weighted by Gasteiger charge is -2.43. The minimum Gasteiger partial charge on any atom is -0.363 e. The first-order chi connectivity index (χ1) is 11.7. The molecule has 4 heterocycles. The molecule has 2 amide bonds. The van der Waals surface area contributed by atoms with Crippen molar-refractivity contribution in [1.29, 1.82) is 0 Å². The van der Waals surface area contributed by atoms with Gasteiger partial charge in [-0.2, -0.15) is 0 Å². The highest BCUT2D eigenvalue weighted by Crippen LogP contribution is 2.28. The summed E-state index contributed by atoms with van der Waals surface area (Å²) in [4.78, 5) is 26.0. The van der Waals surface area contributed by atoms with Gasteiger partial charge in [-0.05, 0) is 25.7 Å². The lowest BCUT2D eigenvalue weighted by molar-refractivity contribution is -0.149. The number of nitrogens with one attached hydrogen (secondary N) is 1. The van der Waals surface area contributed by atoms with Crippen molar-refractivity contribution in [3.8, 4) is 0 Å². The van der Waals surface area contributed by atoms with Crippen LogP contribution in [-0.4, -0.2) is 63.3 Å². The number of aryl methyl sites for hydroxylation is 1. The van der Waals surface area contributed by atoms with Gasteiger partial charge in [0.1, 0.15) is 12.4 Å². The molecule has 3 aliphatic rings. The van der Waals surface area contributed by atoms with Gasteiger partial charge in [0.05, 0.1) is 5.60 Å². The topological polar surface area (TPSA) is 89.3 Å². The zero-order chi connectivity index (χ0) is 16.6. The van der Waals surface area contributed by atoms with Gasteiger partial charge in [0.15, 0.2) is 0 Å². The molecule has 1 N–H and O–H groups in total. The summed E-state index contributed by atoms with van der Waals surface area (Å²) in [6.07, 6.45) is 5.73. The minimum absolute atomic E-state index is 0.0367. The highest BCUT2D eigenvalue weighted by molar-refractivity contribution is 5.90. The first kappa shape index (κ1) is 15.6. The summed E-state index contributed by atoms with van der Waals surface area (Å²) < 4.78 is 7.76. The Morgan fingerprint density at radius 1 is 1.12 bits per heavy atom. The van der Waals surface area contributed by atoms with E-state index < -0.39 is 0 Å². The number of hydrogen-bond acceptors (Lipinski definition) is 5. The van der Waals surface area contributed by atoms with Crippen molar-refractivity contribution >= 4 is 11.8 Å². The number of fused-ring (bicyclic) bond motifs is 1. The number of aromatic nitrogens is 3. The van der Waals surface area contributed by atoms with E-state index in [0.717, 1.165) is 44.5 Å². The summed E-state index contributed by atoms with van der Waals surface area (Å²) in [6, 6.07) is 0. The number of carbonyl (C=O) groups excluding carboxylic acids is 2. The van der Waals surface area contributed by atoms with Crippen LogP contribution < -0.4 is 5.32 Å². The van der Waals surface area contributed by atoms with Crippen LogP contribution in [0, 0.1) is 0 Å². The Morgan fingerprint density at radius 2 is 1.96 bits per heavy atom. The Labute approximate surface area is 140 Å². The SMILES string of the molecule is O=C1COC2(CCN(C(=O)c3nnc4n3CCCCC4)CC2)CN1. The van der Waals surface area contributed by atoms with Crippen molar-refractivity contribution in [2.45, 2.75) is 50.7 Å². The molecule has 1 aromatic rings. The number of ether oxygens (including phenoxy) is 1. The fourth-order valence-corrected chi connectivity index (χ4v) is 3.80. The molecule has 0 saturated carbocycles. The zero-order valence-electron chi connectivity index (χ0n) is 13.8. The van der Waals surface area contributed by atoms with Crippen LogP contribution in [0.5, 0.6) is 0 Å². The number of morpholine rings is 1. The van der Waals surface area contributed by atoms with Crippen LogP contribution in [0.1, 0.15) is 48.5 Å². The van der Waals surface area contributed by atoms with E-state index >= 15 is 0 Å². The number of nitrogens with zero attached hydrogens (tertiary/aromatic N) is 4. The highest BCUT2D eigenvalue weighted by atomic mass is 16.5. The Morgan fingerprint density at radius 3 is 2.71 bits per heavy atom. The third-order valence-electron chi connectivity index (χ3n) is 5.38. The molecule has 2 saturated heterocycles. The molecule has 1 spiro atoms. The van der Waals surface area contributed by atoms with Crippen LogP contribution in [0.3, 0.4) is 0 Å². The van der Waals surface area contributed by atoms with E-state index in [1.165, 1.54) is 6.42 Å². The quantitative estimate of drug-likeness (QED) is 0.789. The van der Waals surface area contributed by atoms with Crippen molar-refractivity contribution < 1.29 is 14.3 Å². The van der Waals surface area contributed by atoms with Crippen LogP contribution in [0.2, 0.25) is 0 Å². The van der Waals surface area contributed by atoms with Gasteiger partial charge in [-0.15, -0.1) is 10.2 Å². The minimum atomic E-state index is -0.313. The second-order valence-electron chi connectivity index (χ2n) is 6.94. The van der Waals surface area contributed by atoms with Crippen molar-refractivity contribution in [2.75, 3.05) is 26.2 Å². The third-order valence-corrected chi connectivity index (χ3v) is 5.38. The van der Waals surface area contributed by atoms with Crippen LogP contribution in [0.25, 0.3) is 0 Å². The van der Waals surface area contributed by atoms with Gasteiger partial charge < -0.3 is 19.5 Å². The summed E-state index contributed by atoms with van der Waals surface area (Å²) >= 11 is 0. The second kappa shape index (κ2) is 6.16. The summed E-state index contributed by atoms with van der Waals surface area (Å²) in [5.41, 5.74) is -0.313. The predicted molar refractivity (Wildman–Crippen MR) is 84.4 cm³/mol. The monoisotopic (exact) mass is 333 g/mol. The average Bonchev–Trinajstić information content (AvgIpc) is 2.86. The molecule has 1 aromatic heterocycles. The van der Waals surface area contributed by atoms with E-state index in [1.54, 1.807) is 0 Å². The maximum Gasteiger partial charge on any atom is 0.291 e. The van der Waals surface area contributed by atoms with E-state index in [9.17, 15) is 9.59 Å². The average molecular weight is 333 g/mol. The maximum atomic E-state index is 12.9. The molecule has 3 aliphatic heterocycles. The lowest BCUT2D eigenvalue weighted by atomic mass is 9.90. The van der Waals surface area contributed by atoms with Crippen molar-refractivity contribution in [3.05, 3.63) is 11.6 Å². The molecule has 24 heavy (non-hydrogen) atoms. The molecule has 130 valence electrons. The Hall–Kier alpha value is -1.96. The lowest BCUT2D eigenvalue weighted by Crippen LogP contribution is -2.58. The maximum absolute atomic E-state index is 12.9. The largest absolute Gasteiger partial charge is 0.363 e. The molecular weight excluding hydrogens is 310 g/mol. The Bertz CT molecular complexity index is 636. The molecule has 8 heteroatoms. The van der Waals surface area contributed by atoms with Gasteiger partial charge in [-0.25, -0.2) is 0 Å². The predicted octanol–water partition coefficient (Wildman–Crippen LogP) is 0.126. The zero-order valence-corrected chi connectivity index (χ0v) is 13.8. The van der Waals surface area contributed by atoms with Gasteiger partial charge >= 0.3 is 0 Å². The van der Waals surface area contributed by atoms with Crippen LogP contribution in [-0.2, 0) is 22.5 Å². The second-order valence-corrected chi connectivity index (χ2v) is 6.94. The molecule has 0 radical (unpaired) electrons. The molecule has 0 bridgehead atoms. The van der Waals surface area contributed by atoms with Gasteiger partial charge in [0.2, 0.25) is 11.7 Å². The fraction of sp³-hybridized carbons (Fsp3) is 0.750. The number of carbonyl (C=O) groups is 2. The summed E-state index contributed by atoms with van der Waals surface area (Å²) in [5.74, 6) is 1.30. The van der Waals surface area contributed by atoms with Gasteiger partial charge in [0.25, 0.3) is 5.91 Å². The first-order valence-corrected chi connectivity index (χ1v) is 8.79. The molecular formula is C16H23N5O3. The number of piperidine rings is 1. The third kappa shape index (κ3) is 2.79. The first-order valence-electron chi connectivity index (χ1n) is 8.79. The number of likely N-dealkylation sites (tertiary alicyclic amines) is 1. The summed E-state index contributed by atoms with van der Waals surface area (Å²) in [6.45, 7) is 2.73. The standard InChI is InChI=1S/C16H23N5O3/c22-13-10-24-16(11-17-13)5-8-20(9-6-16)15(23)14-19-18-12-4-2-1-3-7-21(12)14/h1-11H2,(H,17,22). The molecule has 0 aliphatic carbocycles. The number of rotatable bonds is 1. The van der Waals surface area contributed by atoms with Crippen LogP contribution in [0.4, 0.5) is 0 Å².